The summed E-state index contributed by atoms with van der Waals surface area (Å²) in [4.78, 5) is 22.6. The van der Waals surface area contributed by atoms with Gasteiger partial charge in [-0.05, 0) is 24.6 Å². The lowest BCUT2D eigenvalue weighted by molar-refractivity contribution is 0.0697. The molecule has 1 aromatic carbocycles. The number of nitrogens with zero attached hydrogens (tertiary/aromatic N) is 1. The maximum Gasteiger partial charge on any atom is 0.337 e. The van der Waals surface area contributed by atoms with Crippen molar-refractivity contribution in [3.8, 4) is 11.6 Å². The number of aromatic carboxylic acids is 1. The van der Waals surface area contributed by atoms with Crippen LogP contribution in [0.3, 0.4) is 0 Å². The number of rotatable bonds is 3. The van der Waals surface area contributed by atoms with Crippen molar-refractivity contribution in [1.82, 2.24) is 4.57 Å². The molecule has 1 aromatic heterocycles. The number of carbonyl (C=O) groups is 1. The van der Waals surface area contributed by atoms with Crippen LogP contribution >= 0.6 is 0 Å². The summed E-state index contributed by atoms with van der Waals surface area (Å²) in [6.45, 7) is 1.22. The van der Waals surface area contributed by atoms with Crippen LogP contribution in [0.4, 0.5) is 0 Å². The summed E-state index contributed by atoms with van der Waals surface area (Å²) >= 11 is 0. The summed E-state index contributed by atoms with van der Waals surface area (Å²) in [5.41, 5.74) is -1.94. The van der Waals surface area contributed by atoms with Gasteiger partial charge in [0.1, 0.15) is 0 Å². The largest absolute Gasteiger partial charge is 0.494 e. The molecule has 0 atom stereocenters. The lowest BCUT2D eigenvalue weighted by Gasteiger charge is -2.13. The molecule has 2 aromatic rings. The number of carboxylic acids is 1. The standard InChI is InChI=1S/C13H11NO7S/c1-7-6-10(15)14(12(16)11(7)22(19,20)21)9-5-3-2-4-8(9)13(17)18/h2-6,15H,1H3,(H,17,18)(H,19,20,21). The van der Waals surface area contributed by atoms with E-state index in [0.29, 0.717) is 4.57 Å². The van der Waals surface area contributed by atoms with Crippen molar-refractivity contribution in [1.29, 1.82) is 0 Å². The second-order valence-corrected chi connectivity index (χ2v) is 5.81. The molecule has 0 aliphatic heterocycles. The quantitative estimate of drug-likeness (QED) is 0.710. The fourth-order valence-corrected chi connectivity index (χ4v) is 2.87. The Labute approximate surface area is 124 Å². The SMILES string of the molecule is Cc1cc(O)n(-c2ccccc2C(=O)O)c(=O)c1S(=O)(=O)O. The Balaban J connectivity index is 2.96. The Kier molecular flexibility index (Phi) is 3.77. The monoisotopic (exact) mass is 325 g/mol. The van der Waals surface area contributed by atoms with Gasteiger partial charge in [-0.3, -0.25) is 9.35 Å². The summed E-state index contributed by atoms with van der Waals surface area (Å²) in [5.74, 6) is -2.01. The zero-order valence-corrected chi connectivity index (χ0v) is 12.0. The van der Waals surface area contributed by atoms with Crippen LogP contribution in [0.5, 0.6) is 5.88 Å². The van der Waals surface area contributed by atoms with Gasteiger partial charge in [-0.15, -0.1) is 0 Å². The van der Waals surface area contributed by atoms with Gasteiger partial charge in [-0.25, -0.2) is 9.36 Å². The average Bonchev–Trinajstić information content (AvgIpc) is 2.36. The van der Waals surface area contributed by atoms with E-state index in [2.05, 4.69) is 0 Å². The first-order valence-electron chi connectivity index (χ1n) is 5.90. The molecule has 22 heavy (non-hydrogen) atoms. The van der Waals surface area contributed by atoms with E-state index in [1.165, 1.54) is 31.2 Å². The van der Waals surface area contributed by atoms with E-state index in [9.17, 15) is 23.1 Å². The van der Waals surface area contributed by atoms with E-state index < -0.39 is 32.4 Å². The average molecular weight is 325 g/mol. The molecular formula is C13H11NO7S. The van der Waals surface area contributed by atoms with Crippen LogP contribution in [0.2, 0.25) is 0 Å². The zero-order chi connectivity index (χ0) is 16.7. The van der Waals surface area contributed by atoms with E-state index in [-0.39, 0.29) is 16.8 Å². The number of para-hydroxylation sites is 1. The highest BCUT2D eigenvalue weighted by Gasteiger charge is 2.24. The minimum Gasteiger partial charge on any atom is -0.494 e. The lowest BCUT2D eigenvalue weighted by Crippen LogP contribution is -2.27. The molecule has 9 heteroatoms. The summed E-state index contributed by atoms with van der Waals surface area (Å²) in [6, 6.07) is 6.20. The van der Waals surface area contributed by atoms with Crippen LogP contribution in [0.15, 0.2) is 40.0 Å². The number of hydrogen-bond donors (Lipinski definition) is 3. The topological polar surface area (TPSA) is 134 Å². The second kappa shape index (κ2) is 5.28. The predicted molar refractivity (Wildman–Crippen MR) is 75.2 cm³/mol. The highest BCUT2D eigenvalue weighted by atomic mass is 32.2. The third-order valence-corrected chi connectivity index (χ3v) is 3.98. The molecule has 3 N–H and O–H groups in total. The van der Waals surface area contributed by atoms with Crippen molar-refractivity contribution in [3.05, 3.63) is 51.8 Å². The number of pyridine rings is 1. The molecule has 0 bridgehead atoms. The molecule has 0 saturated heterocycles. The van der Waals surface area contributed by atoms with Crippen molar-refractivity contribution in [2.75, 3.05) is 0 Å². The van der Waals surface area contributed by atoms with Crippen molar-refractivity contribution < 1.29 is 28.0 Å². The number of aromatic hydroxyl groups is 1. The Morgan fingerprint density at radius 1 is 1.23 bits per heavy atom. The van der Waals surface area contributed by atoms with Crippen LogP contribution in [0, 0.1) is 6.92 Å². The van der Waals surface area contributed by atoms with E-state index in [1.54, 1.807) is 0 Å². The van der Waals surface area contributed by atoms with Gasteiger partial charge in [0.15, 0.2) is 10.8 Å². The van der Waals surface area contributed by atoms with E-state index in [1.807, 2.05) is 0 Å². The van der Waals surface area contributed by atoms with Crippen LogP contribution in [0.1, 0.15) is 15.9 Å². The van der Waals surface area contributed by atoms with Gasteiger partial charge < -0.3 is 10.2 Å². The fourth-order valence-electron chi connectivity index (χ4n) is 2.09. The van der Waals surface area contributed by atoms with Gasteiger partial charge in [0.2, 0.25) is 0 Å². The second-order valence-electron chi connectivity index (χ2n) is 4.45. The third kappa shape index (κ3) is 2.59. The van der Waals surface area contributed by atoms with E-state index >= 15 is 0 Å². The molecule has 0 aliphatic carbocycles. The number of benzene rings is 1. The van der Waals surface area contributed by atoms with Crippen molar-refractivity contribution in [2.45, 2.75) is 11.8 Å². The summed E-state index contributed by atoms with van der Waals surface area (Å²) in [5, 5.41) is 19.0. The molecule has 0 unspecified atom stereocenters. The first-order valence-corrected chi connectivity index (χ1v) is 7.34. The number of aromatic nitrogens is 1. The van der Waals surface area contributed by atoms with Crippen LogP contribution in [-0.4, -0.2) is 33.7 Å². The molecule has 0 spiro atoms. The Morgan fingerprint density at radius 3 is 2.36 bits per heavy atom. The first-order chi connectivity index (χ1) is 10.1. The van der Waals surface area contributed by atoms with Crippen LogP contribution < -0.4 is 5.56 Å². The predicted octanol–water partition coefficient (Wildman–Crippen LogP) is 0.796. The smallest absolute Gasteiger partial charge is 0.337 e. The Hall–Kier alpha value is -2.65. The molecule has 116 valence electrons. The minimum atomic E-state index is -4.84. The van der Waals surface area contributed by atoms with Crippen LogP contribution in [-0.2, 0) is 10.1 Å². The number of carboxylic acid groups (broad SMARTS) is 1. The highest BCUT2D eigenvalue weighted by molar-refractivity contribution is 7.85. The maximum absolute atomic E-state index is 12.3. The van der Waals surface area contributed by atoms with Gasteiger partial charge in [0.05, 0.1) is 11.3 Å². The van der Waals surface area contributed by atoms with E-state index in [0.717, 1.165) is 6.07 Å². The van der Waals surface area contributed by atoms with Gasteiger partial charge in [-0.2, -0.15) is 8.42 Å². The molecule has 8 nitrogen and oxygen atoms in total. The minimum absolute atomic E-state index is 0.158. The van der Waals surface area contributed by atoms with Crippen molar-refractivity contribution in [2.24, 2.45) is 0 Å². The van der Waals surface area contributed by atoms with E-state index in [4.69, 9.17) is 9.66 Å². The van der Waals surface area contributed by atoms with Gasteiger partial charge >= 0.3 is 5.97 Å². The molecule has 2 rings (SSSR count). The van der Waals surface area contributed by atoms with Crippen molar-refractivity contribution in [3.63, 3.8) is 0 Å². The molecule has 0 amide bonds. The fraction of sp³-hybridized carbons (Fsp3) is 0.0769. The summed E-state index contributed by atoms with van der Waals surface area (Å²) < 4.78 is 32.3. The first kappa shape index (κ1) is 15.7. The molecular weight excluding hydrogens is 314 g/mol. The molecule has 0 radical (unpaired) electrons. The highest BCUT2D eigenvalue weighted by Crippen LogP contribution is 2.22. The molecule has 0 saturated carbocycles. The lowest BCUT2D eigenvalue weighted by atomic mass is 10.1. The zero-order valence-electron chi connectivity index (χ0n) is 11.2. The number of aryl methyl sites for hydroxylation is 1. The van der Waals surface area contributed by atoms with Crippen LogP contribution in [0.25, 0.3) is 5.69 Å². The molecule has 1 heterocycles. The van der Waals surface area contributed by atoms with Gasteiger partial charge in [-0.1, -0.05) is 12.1 Å². The number of hydrogen-bond acceptors (Lipinski definition) is 5. The third-order valence-electron chi connectivity index (χ3n) is 2.96. The molecule has 0 aliphatic rings. The molecule has 0 fully saturated rings. The van der Waals surface area contributed by atoms with Crippen molar-refractivity contribution >= 4 is 16.1 Å². The van der Waals surface area contributed by atoms with Gasteiger partial charge in [0, 0.05) is 6.07 Å². The Bertz CT molecular complexity index is 928. The summed E-state index contributed by atoms with van der Waals surface area (Å²) in [6.07, 6.45) is 0. The summed E-state index contributed by atoms with van der Waals surface area (Å²) in [7, 11) is -4.84. The normalized spacial score (nSPS) is 11.4. The maximum atomic E-state index is 12.3. The van der Waals surface area contributed by atoms with Gasteiger partial charge in [0.25, 0.3) is 15.7 Å². The Morgan fingerprint density at radius 2 is 1.82 bits per heavy atom.